The minimum absolute atomic E-state index is 0.185. The van der Waals surface area contributed by atoms with E-state index >= 15 is 0 Å². The average molecular weight is 469 g/mol. The maximum atomic E-state index is 13.4. The van der Waals surface area contributed by atoms with Gasteiger partial charge in [0.2, 0.25) is 5.88 Å². The highest BCUT2D eigenvalue weighted by molar-refractivity contribution is 6.01. The molecule has 1 saturated carbocycles. The molecule has 1 aliphatic heterocycles. The van der Waals surface area contributed by atoms with Gasteiger partial charge in [-0.05, 0) is 62.4 Å². The zero-order chi connectivity index (χ0) is 24.1. The van der Waals surface area contributed by atoms with Crippen molar-refractivity contribution in [3.63, 3.8) is 0 Å². The number of anilines is 1. The molecule has 1 aromatic rings. The van der Waals surface area contributed by atoms with Crippen LogP contribution in [0.25, 0.3) is 0 Å². The zero-order valence-electron chi connectivity index (χ0n) is 20.0. The first-order chi connectivity index (χ1) is 16.5. The monoisotopic (exact) mass is 468 g/mol. The molecule has 0 aromatic carbocycles. The molecule has 1 amide bonds. The van der Waals surface area contributed by atoms with E-state index in [0.717, 1.165) is 63.5 Å². The van der Waals surface area contributed by atoms with Gasteiger partial charge in [0, 0.05) is 18.5 Å². The van der Waals surface area contributed by atoms with Gasteiger partial charge in [-0.2, -0.15) is 4.98 Å². The minimum Gasteiger partial charge on any atom is -0.481 e. The number of carbonyl (C=O) groups excluding carboxylic acids is 1. The molecule has 2 heterocycles. The maximum absolute atomic E-state index is 13.4. The second-order valence-corrected chi connectivity index (χ2v) is 9.73. The van der Waals surface area contributed by atoms with Crippen LogP contribution >= 0.6 is 0 Å². The molecule has 2 aliphatic carbocycles. The van der Waals surface area contributed by atoms with Gasteiger partial charge < -0.3 is 20.5 Å². The molecule has 184 valence electrons. The van der Waals surface area contributed by atoms with Gasteiger partial charge in [-0.1, -0.05) is 31.9 Å². The number of aliphatic carboxylic acids is 1. The summed E-state index contributed by atoms with van der Waals surface area (Å²) in [5.41, 5.74) is 7.33. The molecule has 0 bridgehead atoms. The highest BCUT2D eigenvalue weighted by Crippen LogP contribution is 2.39. The molecular weight excluding hydrogens is 432 g/mol. The zero-order valence-corrected chi connectivity index (χ0v) is 20.0. The SMILES string of the molecule is CCCCCc1nc(N)c2c(n1)OCCN(C1=CCC(C3CCC(CC(=O)O)CC3)C=C1)C2=O. The summed E-state index contributed by atoms with van der Waals surface area (Å²) in [4.78, 5) is 35.0. The van der Waals surface area contributed by atoms with E-state index in [4.69, 9.17) is 15.6 Å². The Balaban J connectivity index is 1.40. The number of unbranched alkanes of at least 4 members (excludes halogenated alkanes) is 2. The first-order valence-electron chi connectivity index (χ1n) is 12.7. The smallest absolute Gasteiger partial charge is 0.303 e. The van der Waals surface area contributed by atoms with Gasteiger partial charge in [0.05, 0.1) is 6.54 Å². The lowest BCUT2D eigenvalue weighted by Crippen LogP contribution is -2.33. The van der Waals surface area contributed by atoms with E-state index in [-0.39, 0.29) is 23.7 Å². The Morgan fingerprint density at radius 2 is 2.03 bits per heavy atom. The molecule has 1 aromatic heterocycles. The summed E-state index contributed by atoms with van der Waals surface area (Å²) in [5, 5.41) is 9.03. The lowest BCUT2D eigenvalue weighted by atomic mass is 9.73. The van der Waals surface area contributed by atoms with Gasteiger partial charge in [0.15, 0.2) is 0 Å². The van der Waals surface area contributed by atoms with Crippen molar-refractivity contribution in [3.05, 3.63) is 35.3 Å². The number of hydrogen-bond acceptors (Lipinski definition) is 6. The van der Waals surface area contributed by atoms with Crippen LogP contribution in [0.5, 0.6) is 5.88 Å². The number of nitrogens with two attached hydrogens (primary N) is 1. The number of aromatic nitrogens is 2. The van der Waals surface area contributed by atoms with E-state index in [0.29, 0.717) is 42.6 Å². The molecule has 4 rings (SSSR count). The summed E-state index contributed by atoms with van der Waals surface area (Å²) in [6.07, 6.45) is 15.5. The number of rotatable bonds is 8. The number of aryl methyl sites for hydroxylation is 1. The Bertz CT molecular complexity index is 966. The summed E-state index contributed by atoms with van der Waals surface area (Å²) in [5.74, 6) is 1.50. The quantitative estimate of drug-likeness (QED) is 0.544. The normalized spacial score (nSPS) is 24.7. The number of carboxylic acids is 1. The standard InChI is InChI=1S/C26H36N4O4/c1-2-3-4-5-21-28-24(27)23-25(29-21)34-15-14-30(26(23)33)20-12-10-19(11-13-20)18-8-6-17(7-9-18)16-22(31)32/h10,12-13,17-19H,2-9,11,14-16H2,1H3,(H,31,32)(H2,27,28,29). The summed E-state index contributed by atoms with van der Waals surface area (Å²) < 4.78 is 5.83. The van der Waals surface area contributed by atoms with Gasteiger partial charge in [0.25, 0.3) is 5.91 Å². The molecule has 8 heteroatoms. The molecule has 3 aliphatic rings. The minimum atomic E-state index is -0.694. The molecule has 0 saturated heterocycles. The summed E-state index contributed by atoms with van der Waals surface area (Å²) >= 11 is 0. The summed E-state index contributed by atoms with van der Waals surface area (Å²) in [7, 11) is 0. The van der Waals surface area contributed by atoms with E-state index in [1.165, 1.54) is 0 Å². The van der Waals surface area contributed by atoms with E-state index in [2.05, 4.69) is 29.0 Å². The van der Waals surface area contributed by atoms with Crippen LogP contribution in [0, 0.1) is 17.8 Å². The van der Waals surface area contributed by atoms with E-state index in [1.807, 2.05) is 6.08 Å². The van der Waals surface area contributed by atoms with Crippen molar-refractivity contribution in [2.24, 2.45) is 17.8 Å². The molecule has 0 spiro atoms. The lowest BCUT2D eigenvalue weighted by Gasteiger charge is -2.33. The molecule has 8 nitrogen and oxygen atoms in total. The number of carbonyl (C=O) groups is 2. The van der Waals surface area contributed by atoms with Crippen molar-refractivity contribution in [1.29, 1.82) is 0 Å². The molecule has 0 radical (unpaired) electrons. The molecule has 1 fully saturated rings. The third-order valence-electron chi connectivity index (χ3n) is 7.35. The van der Waals surface area contributed by atoms with E-state index in [9.17, 15) is 9.59 Å². The number of allylic oxidation sites excluding steroid dienone is 3. The third-order valence-corrected chi connectivity index (χ3v) is 7.35. The maximum Gasteiger partial charge on any atom is 0.303 e. The predicted molar refractivity (Wildman–Crippen MR) is 129 cm³/mol. The van der Waals surface area contributed by atoms with Crippen LogP contribution in [0.1, 0.15) is 80.9 Å². The van der Waals surface area contributed by atoms with Crippen molar-refractivity contribution in [3.8, 4) is 5.88 Å². The van der Waals surface area contributed by atoms with Crippen LogP contribution in [-0.2, 0) is 11.2 Å². The Hall–Kier alpha value is -2.90. The first-order valence-corrected chi connectivity index (χ1v) is 12.7. The highest BCUT2D eigenvalue weighted by Gasteiger charge is 2.32. The molecule has 1 unspecified atom stereocenters. The first kappa shape index (κ1) is 24.2. The largest absolute Gasteiger partial charge is 0.481 e. The third kappa shape index (κ3) is 5.59. The number of fused-ring (bicyclic) bond motifs is 1. The Labute approximate surface area is 201 Å². The van der Waals surface area contributed by atoms with E-state index in [1.54, 1.807) is 4.90 Å². The van der Waals surface area contributed by atoms with Crippen LogP contribution in [0.4, 0.5) is 5.82 Å². The van der Waals surface area contributed by atoms with Crippen molar-refractivity contribution in [1.82, 2.24) is 14.9 Å². The van der Waals surface area contributed by atoms with Crippen LogP contribution in [0.3, 0.4) is 0 Å². The highest BCUT2D eigenvalue weighted by atomic mass is 16.5. The van der Waals surface area contributed by atoms with Crippen molar-refractivity contribution in [2.45, 2.75) is 71.1 Å². The van der Waals surface area contributed by atoms with Gasteiger partial charge in [0.1, 0.15) is 23.8 Å². The summed E-state index contributed by atoms with van der Waals surface area (Å²) in [6, 6.07) is 0. The van der Waals surface area contributed by atoms with Crippen molar-refractivity contribution < 1.29 is 19.4 Å². The number of carboxylic acid groups (broad SMARTS) is 1. The average Bonchev–Trinajstić information content (AvgIpc) is 2.98. The van der Waals surface area contributed by atoms with Crippen molar-refractivity contribution >= 4 is 17.7 Å². The summed E-state index contributed by atoms with van der Waals surface area (Å²) in [6.45, 7) is 2.93. The van der Waals surface area contributed by atoms with Gasteiger partial charge in [-0.25, -0.2) is 4.98 Å². The molecule has 3 N–H and O–H groups in total. The Morgan fingerprint density at radius 1 is 1.24 bits per heavy atom. The van der Waals surface area contributed by atoms with Gasteiger partial charge >= 0.3 is 5.97 Å². The number of ether oxygens (including phenoxy) is 1. The number of nitrogen functional groups attached to an aromatic ring is 1. The number of hydrogen-bond donors (Lipinski definition) is 2. The topological polar surface area (TPSA) is 119 Å². The Kier molecular flexibility index (Phi) is 7.85. The predicted octanol–water partition coefficient (Wildman–Crippen LogP) is 4.37. The van der Waals surface area contributed by atoms with Crippen LogP contribution in [-0.4, -0.2) is 45.0 Å². The van der Waals surface area contributed by atoms with Crippen LogP contribution in [0.2, 0.25) is 0 Å². The van der Waals surface area contributed by atoms with Gasteiger partial charge in [-0.3, -0.25) is 9.59 Å². The van der Waals surface area contributed by atoms with Crippen LogP contribution < -0.4 is 10.5 Å². The van der Waals surface area contributed by atoms with Gasteiger partial charge in [-0.15, -0.1) is 0 Å². The van der Waals surface area contributed by atoms with E-state index < -0.39 is 5.97 Å². The Morgan fingerprint density at radius 3 is 2.71 bits per heavy atom. The fraction of sp³-hybridized carbons (Fsp3) is 0.615. The number of nitrogens with zero attached hydrogens (tertiary/aromatic N) is 3. The number of amides is 1. The second kappa shape index (κ2) is 11.0. The fourth-order valence-corrected chi connectivity index (χ4v) is 5.41. The van der Waals surface area contributed by atoms with Crippen LogP contribution in [0.15, 0.2) is 23.9 Å². The second-order valence-electron chi connectivity index (χ2n) is 9.73. The molecule has 34 heavy (non-hydrogen) atoms. The van der Waals surface area contributed by atoms with Crippen molar-refractivity contribution in [2.75, 3.05) is 18.9 Å². The molecular formula is C26H36N4O4. The molecule has 1 atom stereocenters. The lowest BCUT2D eigenvalue weighted by molar-refractivity contribution is -0.138. The fourth-order valence-electron chi connectivity index (χ4n) is 5.41.